The van der Waals surface area contributed by atoms with E-state index in [1.54, 1.807) is 0 Å². The van der Waals surface area contributed by atoms with Gasteiger partial charge in [-0.25, -0.2) is 0 Å². The van der Waals surface area contributed by atoms with Gasteiger partial charge in [0.15, 0.2) is 0 Å². The summed E-state index contributed by atoms with van der Waals surface area (Å²) in [7, 11) is 0. The first-order valence-electron chi connectivity index (χ1n) is 6.44. The Morgan fingerprint density at radius 2 is 1.83 bits per heavy atom. The Balaban J connectivity index is 4.15. The Hall–Kier alpha value is -0.330. The molecule has 0 radical (unpaired) electrons. The Morgan fingerprint density at radius 3 is 2.22 bits per heavy atom. The topological polar surface area (TPSA) is 35.5 Å². The summed E-state index contributed by atoms with van der Waals surface area (Å²) in [6, 6.07) is 0.0713. The maximum absolute atomic E-state index is 12.3. The van der Waals surface area contributed by atoms with E-state index in [1.807, 2.05) is 20.8 Å². The highest BCUT2D eigenvalue weighted by Crippen LogP contribution is 2.17. The molecule has 0 fully saturated rings. The van der Waals surface area contributed by atoms with Crippen molar-refractivity contribution in [1.29, 1.82) is 0 Å². The van der Waals surface area contributed by atoms with Crippen LogP contribution >= 0.6 is 0 Å². The highest BCUT2D eigenvalue weighted by Gasteiger charge is 2.30. The molecule has 18 heavy (non-hydrogen) atoms. The molecule has 1 unspecified atom stereocenters. The average molecular weight is 270 g/mol. The number of hydrogen-bond acceptors (Lipinski definition) is 3. The quantitative estimate of drug-likeness (QED) is 0.673. The predicted octanol–water partition coefficient (Wildman–Crippen LogP) is 2.01. The van der Waals surface area contributed by atoms with Crippen molar-refractivity contribution >= 4 is 0 Å². The zero-order valence-electron chi connectivity index (χ0n) is 11.4. The van der Waals surface area contributed by atoms with Crippen molar-refractivity contribution in [2.24, 2.45) is 0 Å². The van der Waals surface area contributed by atoms with Gasteiger partial charge in [0.05, 0.1) is 13.2 Å². The largest absolute Gasteiger partial charge is 0.401 e. The highest BCUT2D eigenvalue weighted by molar-refractivity contribution is 4.72. The monoisotopic (exact) mass is 270 g/mol. The van der Waals surface area contributed by atoms with E-state index in [2.05, 4.69) is 5.32 Å². The summed E-state index contributed by atoms with van der Waals surface area (Å²) in [5.74, 6) is 0. The van der Waals surface area contributed by atoms with Crippen LogP contribution in [0.5, 0.6) is 0 Å². The lowest BCUT2D eigenvalue weighted by Gasteiger charge is -2.26. The van der Waals surface area contributed by atoms with Crippen LogP contribution in [0.4, 0.5) is 13.2 Å². The number of alkyl halides is 3. The van der Waals surface area contributed by atoms with E-state index >= 15 is 0 Å². The second-order valence-corrected chi connectivity index (χ2v) is 4.88. The van der Waals surface area contributed by atoms with Crippen molar-refractivity contribution in [3.05, 3.63) is 0 Å². The predicted molar refractivity (Wildman–Crippen MR) is 66.5 cm³/mol. The standard InChI is InChI=1S/C12H25F3N2O/c1-4-6-17(9-12(13,14)15)7-5-11(8-18)16-10(2)3/h10-11,16,18H,4-9H2,1-3H3. The van der Waals surface area contributed by atoms with Crippen LogP contribution in [0.2, 0.25) is 0 Å². The molecular weight excluding hydrogens is 245 g/mol. The Morgan fingerprint density at radius 1 is 1.22 bits per heavy atom. The van der Waals surface area contributed by atoms with Crippen LogP contribution in [0.15, 0.2) is 0 Å². The fourth-order valence-electron chi connectivity index (χ4n) is 1.88. The molecule has 0 aromatic heterocycles. The SMILES string of the molecule is CCCN(CCC(CO)NC(C)C)CC(F)(F)F. The molecule has 0 aliphatic rings. The molecular formula is C12H25F3N2O. The van der Waals surface area contributed by atoms with Crippen LogP contribution < -0.4 is 5.32 Å². The lowest BCUT2D eigenvalue weighted by atomic mass is 10.2. The molecule has 0 saturated carbocycles. The van der Waals surface area contributed by atoms with E-state index in [9.17, 15) is 13.2 Å². The lowest BCUT2D eigenvalue weighted by Crippen LogP contribution is -2.42. The molecule has 2 N–H and O–H groups in total. The molecule has 0 aromatic rings. The van der Waals surface area contributed by atoms with Gasteiger partial charge < -0.3 is 10.4 Å². The average Bonchev–Trinajstić information content (AvgIpc) is 2.21. The molecule has 0 saturated heterocycles. The van der Waals surface area contributed by atoms with Crippen molar-refractivity contribution in [3.8, 4) is 0 Å². The summed E-state index contributed by atoms with van der Waals surface area (Å²) in [6.45, 7) is 5.60. The van der Waals surface area contributed by atoms with Crippen LogP contribution in [0.1, 0.15) is 33.6 Å². The van der Waals surface area contributed by atoms with Gasteiger partial charge in [-0.15, -0.1) is 0 Å². The first-order chi connectivity index (χ1) is 8.28. The van der Waals surface area contributed by atoms with Crippen LogP contribution in [0.25, 0.3) is 0 Å². The van der Waals surface area contributed by atoms with Crippen LogP contribution in [0, 0.1) is 0 Å². The second kappa shape index (κ2) is 8.72. The van der Waals surface area contributed by atoms with Gasteiger partial charge >= 0.3 is 6.18 Å². The minimum Gasteiger partial charge on any atom is -0.395 e. The van der Waals surface area contributed by atoms with Gasteiger partial charge in [-0.3, -0.25) is 4.90 Å². The van der Waals surface area contributed by atoms with Gasteiger partial charge in [0.1, 0.15) is 0 Å². The van der Waals surface area contributed by atoms with E-state index in [4.69, 9.17) is 5.11 Å². The number of halogens is 3. The summed E-state index contributed by atoms with van der Waals surface area (Å²) in [4.78, 5) is 1.39. The van der Waals surface area contributed by atoms with Crippen molar-refractivity contribution in [2.45, 2.75) is 51.9 Å². The Kier molecular flexibility index (Phi) is 8.56. The van der Waals surface area contributed by atoms with E-state index in [1.165, 1.54) is 4.90 Å². The maximum Gasteiger partial charge on any atom is 0.401 e. The third-order valence-corrected chi connectivity index (χ3v) is 2.53. The molecule has 0 aromatic carbocycles. The summed E-state index contributed by atoms with van der Waals surface area (Å²) in [5.41, 5.74) is 0. The molecule has 110 valence electrons. The summed E-state index contributed by atoms with van der Waals surface area (Å²) < 4.78 is 37.0. The van der Waals surface area contributed by atoms with E-state index in [0.29, 0.717) is 25.9 Å². The summed E-state index contributed by atoms with van der Waals surface area (Å²) in [6.07, 6.45) is -2.95. The number of nitrogens with zero attached hydrogens (tertiary/aromatic N) is 1. The normalized spacial score (nSPS) is 14.5. The van der Waals surface area contributed by atoms with Crippen LogP contribution in [-0.4, -0.2) is 54.5 Å². The molecule has 0 aliphatic heterocycles. The zero-order valence-corrected chi connectivity index (χ0v) is 11.4. The second-order valence-electron chi connectivity index (χ2n) is 4.88. The summed E-state index contributed by atoms with van der Waals surface area (Å²) in [5, 5.41) is 12.3. The molecule has 6 heteroatoms. The molecule has 0 rings (SSSR count). The number of hydrogen-bond donors (Lipinski definition) is 2. The van der Waals surface area contributed by atoms with E-state index in [0.717, 1.165) is 0 Å². The van der Waals surface area contributed by atoms with Gasteiger partial charge in [-0.1, -0.05) is 20.8 Å². The minimum atomic E-state index is -4.16. The highest BCUT2D eigenvalue weighted by atomic mass is 19.4. The third-order valence-electron chi connectivity index (χ3n) is 2.53. The smallest absolute Gasteiger partial charge is 0.395 e. The Bertz CT molecular complexity index is 210. The number of rotatable bonds is 9. The van der Waals surface area contributed by atoms with Crippen molar-refractivity contribution in [3.63, 3.8) is 0 Å². The number of nitrogens with one attached hydrogen (secondary N) is 1. The van der Waals surface area contributed by atoms with E-state index < -0.39 is 12.7 Å². The molecule has 1 atom stereocenters. The molecule has 3 nitrogen and oxygen atoms in total. The molecule has 0 spiro atoms. The lowest BCUT2D eigenvalue weighted by molar-refractivity contribution is -0.146. The van der Waals surface area contributed by atoms with Crippen molar-refractivity contribution in [1.82, 2.24) is 10.2 Å². The number of aliphatic hydroxyl groups is 1. The molecule has 0 amide bonds. The number of aliphatic hydroxyl groups excluding tert-OH is 1. The van der Waals surface area contributed by atoms with Crippen molar-refractivity contribution in [2.75, 3.05) is 26.2 Å². The first-order valence-corrected chi connectivity index (χ1v) is 6.44. The first kappa shape index (κ1) is 17.7. The van der Waals surface area contributed by atoms with Crippen LogP contribution in [-0.2, 0) is 0 Å². The van der Waals surface area contributed by atoms with E-state index in [-0.39, 0.29) is 18.7 Å². The van der Waals surface area contributed by atoms with Gasteiger partial charge in [-0.05, 0) is 19.4 Å². The van der Waals surface area contributed by atoms with Crippen molar-refractivity contribution < 1.29 is 18.3 Å². The fraction of sp³-hybridized carbons (Fsp3) is 1.00. The van der Waals surface area contributed by atoms with Crippen LogP contribution in [0.3, 0.4) is 0 Å². The molecule has 0 aliphatic carbocycles. The molecule has 0 bridgehead atoms. The maximum atomic E-state index is 12.3. The molecule has 0 heterocycles. The minimum absolute atomic E-state index is 0.0514. The van der Waals surface area contributed by atoms with Gasteiger partial charge in [0.2, 0.25) is 0 Å². The Labute approximate surface area is 107 Å². The van der Waals surface area contributed by atoms with Gasteiger partial charge in [0.25, 0.3) is 0 Å². The van der Waals surface area contributed by atoms with Gasteiger partial charge in [-0.2, -0.15) is 13.2 Å². The zero-order chi connectivity index (χ0) is 14.2. The summed E-state index contributed by atoms with van der Waals surface area (Å²) >= 11 is 0. The van der Waals surface area contributed by atoms with Gasteiger partial charge in [0, 0.05) is 18.6 Å². The fourth-order valence-corrected chi connectivity index (χ4v) is 1.88. The third kappa shape index (κ3) is 9.67.